The molecule has 1 aromatic rings. The fourth-order valence-electron chi connectivity index (χ4n) is 11.4. The van der Waals surface area contributed by atoms with E-state index in [-0.39, 0.29) is 45.0 Å². The van der Waals surface area contributed by atoms with Crippen molar-refractivity contribution in [2.45, 2.75) is 119 Å². The molecule has 0 saturated heterocycles. The number of ketones is 1. The summed E-state index contributed by atoms with van der Waals surface area (Å²) in [6.07, 6.45) is 11.0. The van der Waals surface area contributed by atoms with Gasteiger partial charge in [0.15, 0.2) is 5.78 Å². The van der Waals surface area contributed by atoms with Crippen LogP contribution in [0.15, 0.2) is 42.0 Å². The van der Waals surface area contributed by atoms with Crippen LogP contribution in [-0.2, 0) is 20.9 Å². The number of ether oxygens (including phenoxy) is 1. The van der Waals surface area contributed by atoms with Crippen molar-refractivity contribution >= 4 is 11.8 Å². The lowest BCUT2D eigenvalue weighted by molar-refractivity contribution is -0.211. The Hall–Kier alpha value is -1.94. The van der Waals surface area contributed by atoms with E-state index in [1.165, 1.54) is 11.1 Å². The lowest BCUT2D eigenvalue weighted by Gasteiger charge is -2.70. The van der Waals surface area contributed by atoms with E-state index in [1.807, 2.05) is 13.0 Å². The maximum atomic E-state index is 14.5. The molecule has 0 aliphatic heterocycles. The first kappa shape index (κ1) is 29.1. The number of benzene rings is 1. The van der Waals surface area contributed by atoms with E-state index in [4.69, 9.17) is 4.74 Å². The van der Waals surface area contributed by atoms with Gasteiger partial charge in [-0.1, -0.05) is 77.4 Å². The summed E-state index contributed by atoms with van der Waals surface area (Å²) in [5.41, 5.74) is 1.59. The van der Waals surface area contributed by atoms with E-state index >= 15 is 0 Å². The summed E-state index contributed by atoms with van der Waals surface area (Å²) in [4.78, 5) is 26.9. The van der Waals surface area contributed by atoms with Crippen LogP contribution in [0.5, 0.6) is 0 Å². The van der Waals surface area contributed by atoms with Crippen LogP contribution in [0.3, 0.4) is 0 Å². The molecule has 4 fully saturated rings. The Bertz CT molecular complexity index is 1260. The highest BCUT2D eigenvalue weighted by Gasteiger charge is 2.70. The minimum Gasteiger partial charge on any atom is -0.481 e. The van der Waals surface area contributed by atoms with Crippen molar-refractivity contribution in [1.82, 2.24) is 0 Å². The highest BCUT2D eigenvalue weighted by atomic mass is 16.5. The first-order valence-electron chi connectivity index (χ1n) is 16.3. The maximum absolute atomic E-state index is 14.5. The van der Waals surface area contributed by atoms with Crippen LogP contribution < -0.4 is 0 Å². The summed E-state index contributed by atoms with van der Waals surface area (Å²) in [5, 5.41) is 10.2. The minimum atomic E-state index is -0.712. The number of carboxylic acids is 1. The molecule has 0 heterocycles. The number of aliphatic carboxylic acids is 1. The van der Waals surface area contributed by atoms with E-state index in [9.17, 15) is 14.7 Å². The number of rotatable bonds is 4. The minimum absolute atomic E-state index is 0.00403. The molecule has 4 saturated carbocycles. The molecule has 0 radical (unpaired) electrons. The van der Waals surface area contributed by atoms with Gasteiger partial charge in [0.05, 0.1) is 18.1 Å². The summed E-state index contributed by atoms with van der Waals surface area (Å²) in [6, 6.07) is 10.5. The van der Waals surface area contributed by atoms with Crippen LogP contribution in [0.1, 0.15) is 112 Å². The molecule has 0 spiro atoms. The molecule has 224 valence electrons. The summed E-state index contributed by atoms with van der Waals surface area (Å²) in [5.74, 6) is 0.222. The zero-order valence-corrected chi connectivity index (χ0v) is 26.5. The zero-order valence-electron chi connectivity index (χ0n) is 26.5. The lowest BCUT2D eigenvalue weighted by Crippen LogP contribution is -2.66. The summed E-state index contributed by atoms with van der Waals surface area (Å²) < 4.78 is 6.64. The summed E-state index contributed by atoms with van der Waals surface area (Å²) >= 11 is 0. The number of carbonyl (C=O) groups excluding carboxylic acids is 1. The Kier molecular flexibility index (Phi) is 6.60. The van der Waals surface area contributed by atoms with Crippen molar-refractivity contribution in [2.75, 3.05) is 0 Å². The first-order valence-corrected chi connectivity index (χ1v) is 16.3. The number of carbonyl (C=O) groups is 2. The summed E-state index contributed by atoms with van der Waals surface area (Å²) in [7, 11) is 0. The van der Waals surface area contributed by atoms with Gasteiger partial charge < -0.3 is 9.84 Å². The Morgan fingerprint density at radius 3 is 2.27 bits per heavy atom. The lowest BCUT2D eigenvalue weighted by atomic mass is 9.33. The third-order valence-corrected chi connectivity index (χ3v) is 14.3. The van der Waals surface area contributed by atoms with Crippen molar-refractivity contribution < 1.29 is 19.4 Å². The van der Waals surface area contributed by atoms with Crippen LogP contribution >= 0.6 is 0 Å². The van der Waals surface area contributed by atoms with Crippen LogP contribution in [-0.4, -0.2) is 23.0 Å². The molecule has 41 heavy (non-hydrogen) atoms. The molecule has 5 aliphatic rings. The Morgan fingerprint density at radius 1 is 0.902 bits per heavy atom. The molecule has 4 nitrogen and oxygen atoms in total. The second-order valence-electron chi connectivity index (χ2n) is 16.7. The average Bonchev–Trinajstić information content (AvgIpc) is 2.90. The second-order valence-corrected chi connectivity index (χ2v) is 16.7. The Morgan fingerprint density at radius 2 is 1.59 bits per heavy atom. The molecule has 1 N–H and O–H groups in total. The molecule has 6 rings (SSSR count). The Labute approximate surface area is 247 Å². The maximum Gasteiger partial charge on any atom is 0.309 e. The van der Waals surface area contributed by atoms with Crippen molar-refractivity contribution in [1.29, 1.82) is 0 Å². The molecule has 5 aliphatic carbocycles. The molecule has 9 atom stereocenters. The van der Waals surface area contributed by atoms with Crippen molar-refractivity contribution in [3.05, 3.63) is 47.5 Å². The Balaban J connectivity index is 1.34. The van der Waals surface area contributed by atoms with Crippen molar-refractivity contribution in [3.63, 3.8) is 0 Å². The van der Waals surface area contributed by atoms with Crippen LogP contribution in [0.25, 0.3) is 0 Å². The van der Waals surface area contributed by atoms with E-state index in [0.717, 1.165) is 51.4 Å². The molecule has 0 aromatic heterocycles. The highest BCUT2D eigenvalue weighted by Crippen LogP contribution is 2.75. The average molecular weight is 561 g/mol. The van der Waals surface area contributed by atoms with Crippen LogP contribution in [0.2, 0.25) is 0 Å². The largest absolute Gasteiger partial charge is 0.481 e. The van der Waals surface area contributed by atoms with Gasteiger partial charge in [-0.2, -0.15) is 0 Å². The molecule has 0 amide bonds. The third-order valence-electron chi connectivity index (χ3n) is 14.3. The number of hydrogen-bond acceptors (Lipinski definition) is 3. The predicted octanol–water partition coefficient (Wildman–Crippen LogP) is 8.64. The number of hydrogen-bond donors (Lipinski definition) is 1. The van der Waals surface area contributed by atoms with Gasteiger partial charge >= 0.3 is 5.97 Å². The quantitative estimate of drug-likeness (QED) is 0.400. The predicted molar refractivity (Wildman–Crippen MR) is 162 cm³/mol. The number of carboxylic acid groups (broad SMARTS) is 1. The SMILES string of the molecule is CC1(C)C(OCc2ccccc2)CC[C@@]2(C)C1CC[C@]1(C)C2C(=O)C=C2[C@@H]3C[C@@](C)(C(=O)O)CCC3(C)CC[C@]21C. The zero-order chi connectivity index (χ0) is 29.6. The van der Waals surface area contributed by atoms with E-state index < -0.39 is 11.4 Å². The van der Waals surface area contributed by atoms with Gasteiger partial charge in [0.1, 0.15) is 0 Å². The normalized spacial score (nSPS) is 46.8. The standard InChI is InChI=1S/C37H52O4/c1-32(2)28-13-16-37(7)30(35(28,5)15-14-29(32)41-23-24-11-9-8-10-12-24)27(38)21-25-26-22-34(4,31(39)40)18-17-33(26,3)19-20-36(25,37)6/h8-12,21,26,28-30H,13-20,22-23H2,1-7H3,(H,39,40)/t26-,28?,29?,30?,33?,34-,35-,36+,37+/m0/s1. The summed E-state index contributed by atoms with van der Waals surface area (Å²) in [6.45, 7) is 17.1. The first-order chi connectivity index (χ1) is 19.1. The second kappa shape index (κ2) is 9.28. The van der Waals surface area contributed by atoms with Gasteiger partial charge in [-0.25, -0.2) is 0 Å². The molecule has 0 bridgehead atoms. The van der Waals surface area contributed by atoms with E-state index in [2.05, 4.69) is 71.9 Å². The molecule has 4 heteroatoms. The van der Waals surface area contributed by atoms with Gasteiger partial charge in [-0.15, -0.1) is 0 Å². The van der Waals surface area contributed by atoms with Crippen molar-refractivity contribution in [2.24, 2.45) is 50.2 Å². The van der Waals surface area contributed by atoms with Crippen molar-refractivity contribution in [3.8, 4) is 0 Å². The molecule has 4 unspecified atom stereocenters. The monoisotopic (exact) mass is 560 g/mol. The molecular formula is C37H52O4. The van der Waals surface area contributed by atoms with E-state index in [1.54, 1.807) is 0 Å². The topological polar surface area (TPSA) is 63.6 Å². The van der Waals surface area contributed by atoms with Gasteiger partial charge in [0, 0.05) is 5.92 Å². The highest BCUT2D eigenvalue weighted by molar-refractivity contribution is 5.95. The van der Waals surface area contributed by atoms with Gasteiger partial charge in [0.25, 0.3) is 0 Å². The van der Waals surface area contributed by atoms with Crippen LogP contribution in [0.4, 0.5) is 0 Å². The fraction of sp³-hybridized carbons (Fsp3) is 0.730. The van der Waals surface area contributed by atoms with Gasteiger partial charge in [0.2, 0.25) is 0 Å². The molecular weight excluding hydrogens is 508 g/mol. The van der Waals surface area contributed by atoms with Gasteiger partial charge in [-0.3, -0.25) is 9.59 Å². The number of allylic oxidation sites excluding steroid dienone is 2. The smallest absolute Gasteiger partial charge is 0.309 e. The van der Waals surface area contributed by atoms with E-state index in [0.29, 0.717) is 24.7 Å². The third kappa shape index (κ3) is 4.01. The molecule has 1 aromatic carbocycles. The van der Waals surface area contributed by atoms with Crippen LogP contribution in [0, 0.1) is 50.2 Å². The van der Waals surface area contributed by atoms with Gasteiger partial charge in [-0.05, 0) is 115 Å². The fourth-order valence-corrected chi connectivity index (χ4v) is 11.4. The number of fused-ring (bicyclic) bond motifs is 7.